The highest BCUT2D eigenvalue weighted by Gasteiger charge is 2.77. The zero-order valence-corrected chi connectivity index (χ0v) is 13.6. The summed E-state index contributed by atoms with van der Waals surface area (Å²) in [6, 6.07) is 0. The summed E-state index contributed by atoms with van der Waals surface area (Å²) in [5.74, 6) is 2.35. The molecule has 0 heterocycles. The van der Waals surface area contributed by atoms with Crippen LogP contribution in [-0.4, -0.2) is 17.0 Å². The van der Waals surface area contributed by atoms with Gasteiger partial charge >= 0.3 is 0 Å². The van der Waals surface area contributed by atoms with Crippen LogP contribution in [0.5, 0.6) is 0 Å². The number of hydrogen-bond donors (Lipinski definition) is 1. The summed E-state index contributed by atoms with van der Waals surface area (Å²) in [5.41, 5.74) is 2.04. The lowest BCUT2D eigenvalue weighted by molar-refractivity contribution is -0.111. The number of rotatable bonds is 0. The maximum absolute atomic E-state index is 11.8. The molecule has 5 rings (SSSR count). The minimum atomic E-state index is -0.0829. The van der Waals surface area contributed by atoms with E-state index in [-0.39, 0.29) is 22.7 Å². The summed E-state index contributed by atoms with van der Waals surface area (Å²) >= 11 is 0. The zero-order valence-electron chi connectivity index (χ0n) is 13.6. The monoisotopic (exact) mass is 298 g/mol. The van der Waals surface area contributed by atoms with Crippen molar-refractivity contribution in [1.29, 1.82) is 0 Å². The van der Waals surface area contributed by atoms with Gasteiger partial charge in [0.25, 0.3) is 0 Å². The van der Waals surface area contributed by atoms with Crippen LogP contribution in [0.1, 0.15) is 52.4 Å². The third-order valence-electron chi connectivity index (χ3n) is 8.68. The van der Waals surface area contributed by atoms with E-state index in [0.29, 0.717) is 11.3 Å². The van der Waals surface area contributed by atoms with Crippen molar-refractivity contribution >= 4 is 5.78 Å². The fourth-order valence-electron chi connectivity index (χ4n) is 7.40. The lowest BCUT2D eigenvalue weighted by Gasteiger charge is -2.58. The highest BCUT2D eigenvalue weighted by molar-refractivity contribution is 6.01. The van der Waals surface area contributed by atoms with E-state index in [0.717, 1.165) is 31.1 Å². The Bertz CT molecular complexity index is 632. The molecule has 0 aromatic heterocycles. The van der Waals surface area contributed by atoms with E-state index in [9.17, 15) is 9.90 Å². The second-order valence-corrected chi connectivity index (χ2v) is 9.09. The van der Waals surface area contributed by atoms with E-state index in [2.05, 4.69) is 19.9 Å². The van der Waals surface area contributed by atoms with Crippen molar-refractivity contribution in [2.45, 2.75) is 58.5 Å². The standard InChI is InChI=1S/C20H26O2/c1-18-7-5-14(21)9-12(18)3-4-16-15(18)6-8-19(2)17(22)10-13-11-20(13,16)19/h5,7,9,13,15-17,22H,3-4,6,8,10-11H2,1-2H3/t13-,15?,16?,17-,18+,19-,20+/m1/s1. The smallest absolute Gasteiger partial charge is 0.178 e. The van der Waals surface area contributed by atoms with E-state index in [1.165, 1.54) is 24.8 Å². The molecule has 2 heteroatoms. The molecule has 0 bridgehead atoms. The van der Waals surface area contributed by atoms with Crippen molar-refractivity contribution in [2.75, 3.05) is 0 Å². The number of carbonyl (C=O) groups is 1. The zero-order chi connectivity index (χ0) is 15.3. The third kappa shape index (κ3) is 1.28. The Morgan fingerprint density at radius 2 is 2.05 bits per heavy atom. The van der Waals surface area contributed by atoms with Crippen molar-refractivity contribution in [2.24, 2.45) is 34.0 Å². The number of ketones is 1. The Kier molecular flexibility index (Phi) is 2.32. The Labute approximate surface area is 132 Å². The molecule has 22 heavy (non-hydrogen) atoms. The number of allylic oxidation sites excluding steroid dienone is 4. The molecular formula is C20H26O2. The van der Waals surface area contributed by atoms with Gasteiger partial charge in [0.15, 0.2) is 5.78 Å². The van der Waals surface area contributed by atoms with Crippen LogP contribution in [0.15, 0.2) is 23.8 Å². The van der Waals surface area contributed by atoms with Gasteiger partial charge in [0, 0.05) is 5.41 Å². The van der Waals surface area contributed by atoms with Crippen molar-refractivity contribution in [3.8, 4) is 0 Å². The van der Waals surface area contributed by atoms with Crippen molar-refractivity contribution in [3.05, 3.63) is 23.8 Å². The topological polar surface area (TPSA) is 37.3 Å². The van der Waals surface area contributed by atoms with Crippen molar-refractivity contribution in [1.82, 2.24) is 0 Å². The summed E-state index contributed by atoms with van der Waals surface area (Å²) in [6.07, 6.45) is 12.9. The number of carbonyl (C=O) groups excluding carboxylic acids is 1. The molecule has 4 fully saturated rings. The van der Waals surface area contributed by atoms with Crippen molar-refractivity contribution < 1.29 is 9.90 Å². The van der Waals surface area contributed by atoms with Crippen LogP contribution in [0.3, 0.4) is 0 Å². The Morgan fingerprint density at radius 3 is 2.86 bits per heavy atom. The minimum absolute atomic E-state index is 0.0829. The van der Waals surface area contributed by atoms with E-state index in [4.69, 9.17) is 0 Å². The fourth-order valence-corrected chi connectivity index (χ4v) is 7.40. The lowest BCUT2D eigenvalue weighted by Crippen LogP contribution is -2.53. The Balaban J connectivity index is 1.58. The summed E-state index contributed by atoms with van der Waals surface area (Å²) in [4.78, 5) is 11.8. The molecule has 1 N–H and O–H groups in total. The highest BCUT2D eigenvalue weighted by atomic mass is 16.3. The first kappa shape index (κ1) is 13.5. The fraction of sp³-hybridized carbons (Fsp3) is 0.750. The van der Waals surface area contributed by atoms with Gasteiger partial charge in [-0.25, -0.2) is 0 Å². The molecule has 1 spiro atoms. The largest absolute Gasteiger partial charge is 0.393 e. The number of aliphatic hydroxyl groups is 1. The molecule has 0 saturated heterocycles. The molecule has 0 aromatic rings. The SMILES string of the molecule is C[C@]12C=CC(=O)C=C1CCC1C2CC[C@]2(C)[C@H](O)C[C@@H]3C[C@@]132. The molecule has 0 radical (unpaired) electrons. The van der Waals surface area contributed by atoms with Crippen LogP contribution >= 0.6 is 0 Å². The first-order valence-corrected chi connectivity index (χ1v) is 9.04. The van der Waals surface area contributed by atoms with Gasteiger partial charge in [0.2, 0.25) is 0 Å². The molecular weight excluding hydrogens is 272 g/mol. The van der Waals surface area contributed by atoms with Gasteiger partial charge in [-0.1, -0.05) is 25.5 Å². The van der Waals surface area contributed by atoms with Gasteiger partial charge in [0.05, 0.1) is 6.10 Å². The highest BCUT2D eigenvalue weighted by Crippen LogP contribution is 2.82. The number of aliphatic hydroxyl groups excluding tert-OH is 1. The Hall–Kier alpha value is -0.890. The van der Waals surface area contributed by atoms with Gasteiger partial charge in [-0.2, -0.15) is 0 Å². The van der Waals surface area contributed by atoms with E-state index >= 15 is 0 Å². The van der Waals surface area contributed by atoms with Crippen LogP contribution in [0.4, 0.5) is 0 Å². The van der Waals surface area contributed by atoms with Gasteiger partial charge < -0.3 is 5.11 Å². The predicted molar refractivity (Wildman–Crippen MR) is 85.1 cm³/mol. The second kappa shape index (κ2) is 3.77. The van der Waals surface area contributed by atoms with E-state index < -0.39 is 0 Å². The average molecular weight is 298 g/mol. The Morgan fingerprint density at radius 1 is 1.23 bits per heavy atom. The first-order valence-electron chi connectivity index (χ1n) is 9.04. The molecule has 0 aliphatic heterocycles. The van der Waals surface area contributed by atoms with Crippen LogP contribution in [-0.2, 0) is 4.79 Å². The lowest BCUT2D eigenvalue weighted by atomic mass is 9.46. The first-order chi connectivity index (χ1) is 10.4. The second-order valence-electron chi connectivity index (χ2n) is 9.09. The molecule has 118 valence electrons. The third-order valence-corrected chi connectivity index (χ3v) is 8.68. The normalized spacial score (nSPS) is 58.3. The number of hydrogen-bond acceptors (Lipinski definition) is 2. The van der Waals surface area contributed by atoms with Gasteiger partial charge in [-0.3, -0.25) is 4.79 Å². The summed E-state index contributed by atoms with van der Waals surface area (Å²) in [6.45, 7) is 4.73. The van der Waals surface area contributed by atoms with Gasteiger partial charge in [0.1, 0.15) is 0 Å². The van der Waals surface area contributed by atoms with Gasteiger partial charge in [-0.15, -0.1) is 0 Å². The molecule has 5 aliphatic carbocycles. The predicted octanol–water partition coefficient (Wildman–Crippen LogP) is 3.66. The van der Waals surface area contributed by atoms with Crippen molar-refractivity contribution in [3.63, 3.8) is 0 Å². The van der Waals surface area contributed by atoms with Crippen LogP contribution in [0.2, 0.25) is 0 Å². The average Bonchev–Trinajstić information content (AvgIpc) is 3.13. The van der Waals surface area contributed by atoms with Crippen LogP contribution in [0, 0.1) is 34.0 Å². The van der Waals surface area contributed by atoms with Crippen LogP contribution in [0.25, 0.3) is 0 Å². The molecule has 0 aromatic carbocycles. The van der Waals surface area contributed by atoms with E-state index in [1.807, 2.05) is 6.08 Å². The number of fused-ring (bicyclic) bond motifs is 3. The maximum atomic E-state index is 11.8. The quantitative estimate of drug-likeness (QED) is 0.741. The maximum Gasteiger partial charge on any atom is 0.178 e. The molecule has 4 saturated carbocycles. The molecule has 2 unspecified atom stereocenters. The molecule has 2 nitrogen and oxygen atoms in total. The molecule has 5 aliphatic rings. The summed E-state index contributed by atoms with van der Waals surface area (Å²) < 4.78 is 0. The minimum Gasteiger partial charge on any atom is -0.393 e. The molecule has 7 atom stereocenters. The summed E-state index contributed by atoms with van der Waals surface area (Å²) in [7, 11) is 0. The summed E-state index contributed by atoms with van der Waals surface area (Å²) in [5, 5.41) is 10.6. The van der Waals surface area contributed by atoms with E-state index in [1.54, 1.807) is 6.08 Å². The van der Waals surface area contributed by atoms with Gasteiger partial charge in [-0.05, 0) is 79.3 Å². The van der Waals surface area contributed by atoms with Crippen LogP contribution < -0.4 is 0 Å². The molecule has 0 amide bonds.